The molecule has 0 saturated carbocycles. The van der Waals surface area contributed by atoms with E-state index in [0.29, 0.717) is 43.4 Å². The number of para-hydroxylation sites is 1. The number of ether oxygens (including phenoxy) is 1. The Morgan fingerprint density at radius 2 is 1.71 bits per heavy atom. The van der Waals surface area contributed by atoms with E-state index in [-0.39, 0.29) is 11.9 Å². The van der Waals surface area contributed by atoms with E-state index in [9.17, 15) is 9.59 Å². The number of benzene rings is 2. The molecule has 1 aromatic heterocycles. The standard InChI is InChI=1S/C24H26ClN3O3/c1-3-31-24(30)22(17-8-10-18(25)11-9-17)27-12-14-28(15-13-27)23(29)20-16-26(2)21-7-5-4-6-19(20)21/h4-11,16,22H,3,12-15H2,1-2H3. The minimum atomic E-state index is -0.507. The second kappa shape index (κ2) is 9.12. The average molecular weight is 440 g/mol. The van der Waals surface area contributed by atoms with Crippen LogP contribution in [0.25, 0.3) is 10.9 Å². The van der Waals surface area contributed by atoms with Crippen LogP contribution in [0.3, 0.4) is 0 Å². The largest absolute Gasteiger partial charge is 0.465 e. The molecule has 2 aromatic carbocycles. The van der Waals surface area contributed by atoms with Crippen molar-refractivity contribution < 1.29 is 14.3 Å². The summed E-state index contributed by atoms with van der Waals surface area (Å²) in [7, 11) is 1.95. The monoisotopic (exact) mass is 439 g/mol. The number of aryl methyl sites for hydroxylation is 1. The molecular weight excluding hydrogens is 414 g/mol. The van der Waals surface area contributed by atoms with Gasteiger partial charge in [0.2, 0.25) is 0 Å². The Labute approximate surface area is 186 Å². The normalized spacial score (nSPS) is 15.8. The van der Waals surface area contributed by atoms with Gasteiger partial charge in [0.15, 0.2) is 0 Å². The summed E-state index contributed by atoms with van der Waals surface area (Å²) in [5.74, 6) is -0.255. The Bertz CT molecular complexity index is 1090. The number of halogens is 1. The Hall–Kier alpha value is -2.83. The van der Waals surface area contributed by atoms with Crippen molar-refractivity contribution in [3.05, 3.63) is 70.9 Å². The fourth-order valence-corrected chi connectivity index (χ4v) is 4.35. The molecule has 1 atom stereocenters. The molecule has 0 radical (unpaired) electrons. The lowest BCUT2D eigenvalue weighted by molar-refractivity contribution is -0.150. The Morgan fingerprint density at radius 3 is 2.39 bits per heavy atom. The number of aromatic nitrogens is 1. The van der Waals surface area contributed by atoms with Gasteiger partial charge in [-0.05, 0) is 30.7 Å². The van der Waals surface area contributed by atoms with Crippen molar-refractivity contribution in [2.24, 2.45) is 7.05 Å². The van der Waals surface area contributed by atoms with E-state index in [0.717, 1.165) is 16.5 Å². The van der Waals surface area contributed by atoms with Gasteiger partial charge in [0, 0.05) is 55.3 Å². The van der Waals surface area contributed by atoms with Crippen LogP contribution in [0.4, 0.5) is 0 Å². The molecule has 7 heteroatoms. The molecule has 31 heavy (non-hydrogen) atoms. The summed E-state index contributed by atoms with van der Waals surface area (Å²) in [6.07, 6.45) is 1.90. The van der Waals surface area contributed by atoms with Gasteiger partial charge in [0.25, 0.3) is 5.91 Å². The van der Waals surface area contributed by atoms with Gasteiger partial charge >= 0.3 is 5.97 Å². The third-order valence-corrected chi connectivity index (χ3v) is 6.04. The minimum absolute atomic E-state index is 0.0237. The molecule has 1 aliphatic heterocycles. The maximum atomic E-state index is 13.2. The predicted octanol–water partition coefficient (Wildman–Crippen LogP) is 3.89. The SMILES string of the molecule is CCOC(=O)C(c1ccc(Cl)cc1)N1CCN(C(=O)c2cn(C)c3ccccc23)CC1. The van der Waals surface area contributed by atoms with Crippen molar-refractivity contribution in [1.82, 2.24) is 14.4 Å². The van der Waals surface area contributed by atoms with Crippen LogP contribution in [0.5, 0.6) is 0 Å². The summed E-state index contributed by atoms with van der Waals surface area (Å²) in [6.45, 7) is 4.39. The van der Waals surface area contributed by atoms with Crippen molar-refractivity contribution in [2.45, 2.75) is 13.0 Å². The van der Waals surface area contributed by atoms with Crippen LogP contribution in [0.2, 0.25) is 5.02 Å². The number of nitrogens with zero attached hydrogens (tertiary/aromatic N) is 3. The lowest BCUT2D eigenvalue weighted by atomic mass is 10.0. The van der Waals surface area contributed by atoms with Crippen LogP contribution in [0, 0.1) is 0 Å². The van der Waals surface area contributed by atoms with Crippen LogP contribution in [0.1, 0.15) is 28.9 Å². The number of amides is 1. The van der Waals surface area contributed by atoms with Gasteiger partial charge in [0.05, 0.1) is 12.2 Å². The fraction of sp³-hybridized carbons (Fsp3) is 0.333. The number of hydrogen-bond donors (Lipinski definition) is 0. The lowest BCUT2D eigenvalue weighted by Crippen LogP contribution is -2.51. The fourth-order valence-electron chi connectivity index (χ4n) is 4.23. The number of rotatable bonds is 5. The van der Waals surface area contributed by atoms with Crippen molar-refractivity contribution >= 4 is 34.4 Å². The number of carbonyl (C=O) groups is 2. The molecule has 162 valence electrons. The van der Waals surface area contributed by atoms with Crippen LogP contribution in [-0.2, 0) is 16.6 Å². The maximum absolute atomic E-state index is 13.2. The molecule has 6 nitrogen and oxygen atoms in total. The van der Waals surface area contributed by atoms with E-state index in [1.807, 2.05) is 59.1 Å². The highest BCUT2D eigenvalue weighted by Gasteiger charge is 2.33. The molecule has 0 spiro atoms. The topological polar surface area (TPSA) is 54.8 Å². The Balaban J connectivity index is 1.51. The number of esters is 1. The first-order valence-corrected chi connectivity index (χ1v) is 10.9. The zero-order chi connectivity index (χ0) is 22.0. The molecule has 1 saturated heterocycles. The predicted molar refractivity (Wildman–Crippen MR) is 121 cm³/mol. The molecule has 0 N–H and O–H groups in total. The second-order valence-electron chi connectivity index (χ2n) is 7.71. The van der Waals surface area contributed by atoms with E-state index < -0.39 is 6.04 Å². The van der Waals surface area contributed by atoms with Crippen molar-refractivity contribution in [3.63, 3.8) is 0 Å². The highest BCUT2D eigenvalue weighted by atomic mass is 35.5. The van der Waals surface area contributed by atoms with Gasteiger partial charge in [-0.25, -0.2) is 4.79 Å². The first kappa shape index (κ1) is 21.4. The van der Waals surface area contributed by atoms with E-state index >= 15 is 0 Å². The van der Waals surface area contributed by atoms with Crippen molar-refractivity contribution in [3.8, 4) is 0 Å². The summed E-state index contributed by atoms with van der Waals surface area (Å²) in [6, 6.07) is 14.7. The van der Waals surface area contributed by atoms with Crippen LogP contribution < -0.4 is 0 Å². The van der Waals surface area contributed by atoms with E-state index in [1.54, 1.807) is 19.1 Å². The highest BCUT2D eigenvalue weighted by Crippen LogP contribution is 2.27. The molecule has 1 unspecified atom stereocenters. The van der Waals surface area contributed by atoms with Crippen molar-refractivity contribution in [1.29, 1.82) is 0 Å². The van der Waals surface area contributed by atoms with Gasteiger partial charge in [0.1, 0.15) is 6.04 Å². The van der Waals surface area contributed by atoms with Gasteiger partial charge in [-0.3, -0.25) is 9.69 Å². The summed E-state index contributed by atoms with van der Waals surface area (Å²) in [5, 5.41) is 1.58. The quantitative estimate of drug-likeness (QED) is 0.566. The Kier molecular flexibility index (Phi) is 6.30. The number of fused-ring (bicyclic) bond motifs is 1. The number of carbonyl (C=O) groups excluding carboxylic acids is 2. The third-order valence-electron chi connectivity index (χ3n) is 5.79. The molecule has 0 aliphatic carbocycles. The Morgan fingerprint density at radius 1 is 1.03 bits per heavy atom. The maximum Gasteiger partial charge on any atom is 0.328 e. The van der Waals surface area contributed by atoms with E-state index in [4.69, 9.17) is 16.3 Å². The summed E-state index contributed by atoms with van der Waals surface area (Å²) in [4.78, 5) is 29.9. The third kappa shape index (κ3) is 4.31. The molecular formula is C24H26ClN3O3. The molecule has 1 fully saturated rings. The van der Waals surface area contributed by atoms with Crippen LogP contribution >= 0.6 is 11.6 Å². The zero-order valence-corrected chi connectivity index (χ0v) is 18.5. The minimum Gasteiger partial charge on any atom is -0.465 e. The molecule has 3 aromatic rings. The molecule has 1 aliphatic rings. The smallest absolute Gasteiger partial charge is 0.328 e. The molecule has 4 rings (SSSR count). The van der Waals surface area contributed by atoms with Gasteiger partial charge in [-0.2, -0.15) is 0 Å². The second-order valence-corrected chi connectivity index (χ2v) is 8.14. The van der Waals surface area contributed by atoms with Gasteiger partial charge in [-0.15, -0.1) is 0 Å². The first-order chi connectivity index (χ1) is 15.0. The highest BCUT2D eigenvalue weighted by molar-refractivity contribution is 6.30. The summed E-state index contributed by atoms with van der Waals surface area (Å²) in [5.41, 5.74) is 2.59. The number of hydrogen-bond acceptors (Lipinski definition) is 4. The van der Waals surface area contributed by atoms with Crippen LogP contribution in [0.15, 0.2) is 54.7 Å². The van der Waals surface area contributed by atoms with Crippen molar-refractivity contribution in [2.75, 3.05) is 32.8 Å². The number of piperazine rings is 1. The van der Waals surface area contributed by atoms with Gasteiger partial charge in [-0.1, -0.05) is 41.9 Å². The molecule has 2 heterocycles. The first-order valence-electron chi connectivity index (χ1n) is 10.5. The summed E-state index contributed by atoms with van der Waals surface area (Å²) < 4.78 is 7.32. The van der Waals surface area contributed by atoms with Crippen LogP contribution in [-0.4, -0.2) is 59.0 Å². The van der Waals surface area contributed by atoms with Gasteiger partial charge < -0.3 is 14.2 Å². The van der Waals surface area contributed by atoms with E-state index in [2.05, 4.69) is 4.90 Å². The average Bonchev–Trinajstić information content (AvgIpc) is 3.12. The summed E-state index contributed by atoms with van der Waals surface area (Å²) >= 11 is 6.02. The molecule has 1 amide bonds. The molecule has 0 bridgehead atoms. The zero-order valence-electron chi connectivity index (χ0n) is 17.8. The van der Waals surface area contributed by atoms with E-state index in [1.165, 1.54) is 0 Å². The lowest BCUT2D eigenvalue weighted by Gasteiger charge is -2.38.